The Bertz CT molecular complexity index is 1130. The van der Waals surface area contributed by atoms with Gasteiger partial charge in [0, 0.05) is 42.7 Å². The molecule has 2 aliphatic heterocycles. The first-order valence-electron chi connectivity index (χ1n) is 13.5. The lowest BCUT2D eigenvalue weighted by Gasteiger charge is -2.28. The minimum atomic E-state index is -0.474. The largest absolute Gasteiger partial charge is 0.507 e. The van der Waals surface area contributed by atoms with Gasteiger partial charge in [0.1, 0.15) is 11.9 Å². The molecule has 1 saturated heterocycles. The molecule has 2 aromatic carbocycles. The molecule has 0 radical (unpaired) electrons. The van der Waals surface area contributed by atoms with Gasteiger partial charge in [-0.1, -0.05) is 58.8 Å². The predicted octanol–water partition coefficient (Wildman–Crippen LogP) is 5.56. The molecule has 4 rings (SSSR count). The molecule has 2 aliphatic rings. The van der Waals surface area contributed by atoms with E-state index >= 15 is 0 Å². The van der Waals surface area contributed by atoms with Gasteiger partial charge in [-0.15, -0.1) is 0 Å². The van der Waals surface area contributed by atoms with Crippen LogP contribution in [0, 0.1) is 0 Å². The molecule has 0 spiro atoms. The van der Waals surface area contributed by atoms with Gasteiger partial charge in [-0.05, 0) is 47.6 Å². The van der Waals surface area contributed by atoms with Crippen LogP contribution in [0.1, 0.15) is 87.5 Å². The molecule has 2 heterocycles. The molecule has 1 fully saturated rings. The van der Waals surface area contributed by atoms with Gasteiger partial charge >= 0.3 is 5.97 Å². The van der Waals surface area contributed by atoms with E-state index in [1.165, 1.54) is 0 Å². The Morgan fingerprint density at radius 2 is 1.63 bits per heavy atom. The zero-order chi connectivity index (χ0) is 27.7. The van der Waals surface area contributed by atoms with Crippen molar-refractivity contribution >= 4 is 11.7 Å². The minimum Gasteiger partial charge on any atom is -0.507 e. The third-order valence-corrected chi connectivity index (χ3v) is 7.27. The normalized spacial score (nSPS) is 19.6. The molecular formula is C31H42N2O5. The van der Waals surface area contributed by atoms with Gasteiger partial charge in [0.25, 0.3) is 0 Å². The van der Waals surface area contributed by atoms with E-state index in [0.717, 1.165) is 60.8 Å². The van der Waals surface area contributed by atoms with Gasteiger partial charge < -0.3 is 19.4 Å². The third-order valence-electron chi connectivity index (χ3n) is 7.27. The number of morpholine rings is 1. The fourth-order valence-electron chi connectivity index (χ4n) is 4.84. The Morgan fingerprint density at radius 3 is 2.18 bits per heavy atom. The summed E-state index contributed by atoms with van der Waals surface area (Å²) in [4.78, 5) is 20.9. The minimum absolute atomic E-state index is 0.236. The molecule has 7 nitrogen and oxygen atoms in total. The summed E-state index contributed by atoms with van der Waals surface area (Å²) >= 11 is 0. The van der Waals surface area contributed by atoms with Crippen LogP contribution in [0.3, 0.4) is 0 Å². The molecule has 0 bridgehead atoms. The predicted molar refractivity (Wildman–Crippen MR) is 149 cm³/mol. The lowest BCUT2D eigenvalue weighted by atomic mass is 9.78. The molecule has 2 atom stereocenters. The first-order chi connectivity index (χ1) is 17.8. The van der Waals surface area contributed by atoms with Crippen LogP contribution in [0.25, 0.3) is 0 Å². The maximum atomic E-state index is 12.8. The molecule has 206 valence electrons. The first kappa shape index (κ1) is 28.1. The fraction of sp³-hybridized carbons (Fsp3) is 0.548. The van der Waals surface area contributed by atoms with Crippen molar-refractivity contribution in [2.45, 2.75) is 84.5 Å². The van der Waals surface area contributed by atoms with Crippen molar-refractivity contribution in [2.75, 3.05) is 26.3 Å². The summed E-state index contributed by atoms with van der Waals surface area (Å²) < 4.78 is 11.2. The van der Waals surface area contributed by atoms with E-state index in [-0.39, 0.29) is 22.9 Å². The number of nitrogens with zero attached hydrogens (tertiary/aromatic N) is 2. The number of esters is 1. The van der Waals surface area contributed by atoms with Gasteiger partial charge in [-0.3, -0.25) is 4.90 Å². The van der Waals surface area contributed by atoms with Gasteiger partial charge in [-0.25, -0.2) is 4.79 Å². The average molecular weight is 523 g/mol. The summed E-state index contributed by atoms with van der Waals surface area (Å²) in [5.41, 5.74) is 4.68. The van der Waals surface area contributed by atoms with Crippen molar-refractivity contribution in [1.29, 1.82) is 0 Å². The van der Waals surface area contributed by atoms with E-state index in [1.807, 2.05) is 43.3 Å². The zero-order valence-electron chi connectivity index (χ0n) is 23.8. The molecular weight excluding hydrogens is 480 g/mol. The van der Waals surface area contributed by atoms with Crippen molar-refractivity contribution in [3.63, 3.8) is 0 Å². The van der Waals surface area contributed by atoms with Crippen molar-refractivity contribution in [2.24, 2.45) is 5.16 Å². The summed E-state index contributed by atoms with van der Waals surface area (Å²) in [5, 5.41) is 15.4. The van der Waals surface area contributed by atoms with Crippen molar-refractivity contribution in [3.8, 4) is 5.75 Å². The highest BCUT2D eigenvalue weighted by Crippen LogP contribution is 2.40. The van der Waals surface area contributed by atoms with E-state index in [0.29, 0.717) is 17.7 Å². The Labute approximate surface area is 226 Å². The lowest BCUT2D eigenvalue weighted by molar-refractivity contribution is -0.0312. The van der Waals surface area contributed by atoms with Crippen LogP contribution < -0.4 is 0 Å². The summed E-state index contributed by atoms with van der Waals surface area (Å²) in [5.74, 6) is -0.0368. The standard InChI is InChI=1S/C31H42N2O5/c1-20(37-29(35)22-10-8-21(9-11-22)19-33-12-14-36-15-13-33)27-18-26(32-38-27)23-16-24(30(2,3)4)28(34)25(17-23)31(5,6)7/h8-11,16-17,20,27,34H,12-15,18-19H2,1-7H3. The molecule has 1 N–H and O–H groups in total. The molecule has 0 amide bonds. The summed E-state index contributed by atoms with van der Waals surface area (Å²) in [6, 6.07) is 11.6. The van der Waals surface area contributed by atoms with E-state index < -0.39 is 6.10 Å². The zero-order valence-corrected chi connectivity index (χ0v) is 23.8. The first-order valence-corrected chi connectivity index (χ1v) is 13.5. The Hall–Kier alpha value is -2.90. The summed E-state index contributed by atoms with van der Waals surface area (Å²) in [6.07, 6.45) is -0.331. The second kappa shape index (κ2) is 11.1. The molecule has 2 aromatic rings. The Balaban J connectivity index is 1.40. The van der Waals surface area contributed by atoms with Crippen LogP contribution in [-0.4, -0.2) is 60.2 Å². The number of rotatable bonds is 6. The molecule has 0 saturated carbocycles. The smallest absolute Gasteiger partial charge is 0.338 e. The number of oxime groups is 1. The number of phenols is 1. The molecule has 0 aromatic heterocycles. The Morgan fingerprint density at radius 1 is 1.05 bits per heavy atom. The van der Waals surface area contributed by atoms with E-state index in [9.17, 15) is 9.90 Å². The highest BCUT2D eigenvalue weighted by atomic mass is 16.7. The highest BCUT2D eigenvalue weighted by molar-refractivity contribution is 6.02. The van der Waals surface area contributed by atoms with Gasteiger partial charge in [-0.2, -0.15) is 0 Å². The van der Waals surface area contributed by atoms with E-state index in [2.05, 4.69) is 51.6 Å². The topological polar surface area (TPSA) is 80.6 Å². The monoisotopic (exact) mass is 522 g/mol. The van der Waals surface area contributed by atoms with Crippen LogP contribution in [0.5, 0.6) is 5.75 Å². The molecule has 7 heteroatoms. The fourth-order valence-corrected chi connectivity index (χ4v) is 4.84. The van der Waals surface area contributed by atoms with Crippen LogP contribution in [0.4, 0.5) is 0 Å². The summed E-state index contributed by atoms with van der Waals surface area (Å²) in [7, 11) is 0. The second-order valence-corrected chi connectivity index (χ2v) is 12.5. The number of hydrogen-bond acceptors (Lipinski definition) is 7. The Kier molecular flexibility index (Phi) is 8.19. The van der Waals surface area contributed by atoms with Crippen LogP contribution >= 0.6 is 0 Å². The third kappa shape index (κ3) is 6.56. The lowest BCUT2D eigenvalue weighted by Crippen LogP contribution is -2.35. The van der Waals surface area contributed by atoms with Crippen LogP contribution in [0.15, 0.2) is 41.6 Å². The number of aromatic hydroxyl groups is 1. The van der Waals surface area contributed by atoms with E-state index in [4.69, 9.17) is 14.3 Å². The SMILES string of the molecule is CC(OC(=O)c1ccc(CN2CCOCC2)cc1)C1CC(c2cc(C(C)(C)C)c(O)c(C(C)(C)C)c2)=NO1. The number of carbonyl (C=O) groups excluding carboxylic acids is 1. The maximum Gasteiger partial charge on any atom is 0.338 e. The molecule has 0 aliphatic carbocycles. The summed E-state index contributed by atoms with van der Waals surface area (Å²) in [6.45, 7) is 18.6. The number of carbonyl (C=O) groups is 1. The van der Waals surface area contributed by atoms with Crippen molar-refractivity contribution in [1.82, 2.24) is 4.90 Å². The second-order valence-electron chi connectivity index (χ2n) is 12.5. The van der Waals surface area contributed by atoms with E-state index in [1.54, 1.807) is 0 Å². The van der Waals surface area contributed by atoms with Crippen LogP contribution in [0.2, 0.25) is 0 Å². The van der Waals surface area contributed by atoms with Gasteiger partial charge in [0.2, 0.25) is 0 Å². The number of ether oxygens (including phenoxy) is 2. The van der Waals surface area contributed by atoms with Crippen molar-refractivity contribution in [3.05, 3.63) is 64.2 Å². The average Bonchev–Trinajstić information content (AvgIpc) is 3.34. The maximum absolute atomic E-state index is 12.8. The van der Waals surface area contributed by atoms with Crippen molar-refractivity contribution < 1.29 is 24.2 Å². The highest BCUT2D eigenvalue weighted by Gasteiger charge is 2.33. The molecule has 38 heavy (non-hydrogen) atoms. The number of benzene rings is 2. The van der Waals surface area contributed by atoms with Crippen LogP contribution in [-0.2, 0) is 31.7 Å². The quantitative estimate of drug-likeness (QED) is 0.501. The molecule has 2 unspecified atom stereocenters. The van der Waals surface area contributed by atoms with Gasteiger partial charge in [0.15, 0.2) is 6.10 Å². The number of phenolic OH excluding ortho intramolecular Hbond substituents is 1. The van der Waals surface area contributed by atoms with Gasteiger partial charge in [0.05, 0.1) is 24.5 Å². The number of hydrogen-bond donors (Lipinski definition) is 1.